The van der Waals surface area contributed by atoms with E-state index in [0.29, 0.717) is 5.31 Å². The van der Waals surface area contributed by atoms with Gasteiger partial charge < -0.3 is 4.52 Å². The van der Waals surface area contributed by atoms with Crippen LogP contribution in [0.2, 0.25) is 0 Å². The summed E-state index contributed by atoms with van der Waals surface area (Å²) in [6.45, 7) is 1.85. The summed E-state index contributed by atoms with van der Waals surface area (Å²) in [4.78, 5) is 0. The third-order valence-corrected chi connectivity index (χ3v) is 4.39. The molecule has 0 spiro atoms. The van der Waals surface area contributed by atoms with E-state index in [4.69, 9.17) is 9.05 Å². The third kappa shape index (κ3) is 1.91. The fraction of sp³-hybridized carbons (Fsp3) is 0.273. The van der Waals surface area contributed by atoms with Crippen molar-refractivity contribution in [2.24, 2.45) is 0 Å². The Morgan fingerprint density at radius 1 is 1.33 bits per heavy atom. The van der Waals surface area contributed by atoms with Gasteiger partial charge in [0.2, 0.25) is 0 Å². The van der Waals surface area contributed by atoms with Crippen LogP contribution in [0.1, 0.15) is 12.5 Å². The minimum Gasteiger partial charge on any atom is -0.309 e. The normalized spacial score (nSPS) is 30.3. The van der Waals surface area contributed by atoms with E-state index in [0.717, 1.165) is 5.56 Å². The van der Waals surface area contributed by atoms with E-state index in [2.05, 4.69) is 0 Å². The molecule has 0 bridgehead atoms. The molecule has 1 heterocycles. The molecule has 0 unspecified atom stereocenters. The van der Waals surface area contributed by atoms with Gasteiger partial charge in [0.25, 0.3) is 0 Å². The predicted molar refractivity (Wildman–Crippen MR) is 59.6 cm³/mol. The zero-order valence-corrected chi connectivity index (χ0v) is 9.61. The van der Waals surface area contributed by atoms with Crippen LogP contribution in [0.15, 0.2) is 36.4 Å². The Morgan fingerprint density at radius 3 is 2.60 bits per heavy atom. The molecule has 2 rings (SSSR count). The monoisotopic (exact) mass is 224 g/mol. The lowest BCUT2D eigenvalue weighted by Gasteiger charge is -2.13. The number of benzene rings is 1. The Morgan fingerprint density at radius 2 is 2.00 bits per heavy atom. The van der Waals surface area contributed by atoms with Crippen molar-refractivity contribution >= 4 is 12.9 Å². The van der Waals surface area contributed by atoms with Crippen LogP contribution in [0.3, 0.4) is 0 Å². The summed E-state index contributed by atoms with van der Waals surface area (Å²) in [6, 6.07) is 9.52. The van der Waals surface area contributed by atoms with Gasteiger partial charge in [-0.3, -0.25) is 9.09 Å². The Balaban J connectivity index is 2.44. The number of hydrogen-bond acceptors (Lipinski definition) is 3. The molecular formula is C11H13O3P. The Labute approximate surface area is 89.3 Å². The summed E-state index contributed by atoms with van der Waals surface area (Å²) < 4.78 is 22.5. The van der Waals surface area contributed by atoms with Gasteiger partial charge >= 0.3 is 7.60 Å². The largest absolute Gasteiger partial charge is 0.362 e. The van der Waals surface area contributed by atoms with E-state index in [-0.39, 0.29) is 6.10 Å². The second kappa shape index (κ2) is 3.93. The van der Waals surface area contributed by atoms with Gasteiger partial charge in [0.15, 0.2) is 0 Å². The van der Waals surface area contributed by atoms with Crippen LogP contribution < -0.4 is 0 Å². The van der Waals surface area contributed by atoms with E-state index >= 15 is 0 Å². The molecule has 1 aliphatic rings. The maximum absolute atomic E-state index is 12.2. The maximum atomic E-state index is 12.2. The van der Waals surface area contributed by atoms with E-state index in [1.54, 1.807) is 0 Å². The van der Waals surface area contributed by atoms with Crippen LogP contribution in [-0.4, -0.2) is 13.2 Å². The summed E-state index contributed by atoms with van der Waals surface area (Å²) in [5, 5.41) is 0.665. The van der Waals surface area contributed by atoms with Gasteiger partial charge in [0.1, 0.15) is 0 Å². The molecule has 15 heavy (non-hydrogen) atoms. The van der Waals surface area contributed by atoms with Crippen LogP contribution >= 0.6 is 7.60 Å². The molecule has 4 heteroatoms. The Bertz CT molecular complexity index is 425. The van der Waals surface area contributed by atoms with Gasteiger partial charge in [-0.15, -0.1) is 0 Å². The first-order valence-corrected chi connectivity index (χ1v) is 6.32. The molecule has 80 valence electrons. The van der Waals surface area contributed by atoms with Crippen molar-refractivity contribution in [3.05, 3.63) is 42.0 Å². The zero-order chi connectivity index (χ0) is 10.9. The van der Waals surface area contributed by atoms with Crippen LogP contribution in [0.25, 0.3) is 5.31 Å². The van der Waals surface area contributed by atoms with Gasteiger partial charge in [-0.25, -0.2) is 0 Å². The van der Waals surface area contributed by atoms with Gasteiger partial charge in [0.05, 0.1) is 11.4 Å². The van der Waals surface area contributed by atoms with Crippen molar-refractivity contribution in [2.45, 2.75) is 13.0 Å². The van der Waals surface area contributed by atoms with Crippen molar-refractivity contribution in [1.29, 1.82) is 0 Å². The maximum Gasteiger partial charge on any atom is 0.362 e. The highest BCUT2D eigenvalue weighted by Gasteiger charge is 2.37. The van der Waals surface area contributed by atoms with Crippen molar-refractivity contribution in [3.63, 3.8) is 0 Å². The summed E-state index contributed by atoms with van der Waals surface area (Å²) >= 11 is 0. The van der Waals surface area contributed by atoms with E-state index < -0.39 is 7.60 Å². The van der Waals surface area contributed by atoms with Crippen molar-refractivity contribution in [3.8, 4) is 0 Å². The third-order valence-electron chi connectivity index (χ3n) is 2.30. The quantitative estimate of drug-likeness (QED) is 0.723. The second-order valence-electron chi connectivity index (χ2n) is 3.41. The topological polar surface area (TPSA) is 35.5 Å². The molecule has 0 radical (unpaired) electrons. The molecule has 0 aliphatic carbocycles. The first-order valence-electron chi connectivity index (χ1n) is 4.78. The lowest BCUT2D eigenvalue weighted by molar-refractivity contribution is 0.224. The fourth-order valence-electron chi connectivity index (χ4n) is 1.62. The first kappa shape index (κ1) is 10.6. The van der Waals surface area contributed by atoms with Gasteiger partial charge in [-0.05, 0) is 18.6 Å². The minimum absolute atomic E-state index is 0.161. The minimum atomic E-state index is -3.08. The van der Waals surface area contributed by atoms with Crippen molar-refractivity contribution in [2.75, 3.05) is 7.11 Å². The van der Waals surface area contributed by atoms with Crippen LogP contribution in [0.5, 0.6) is 0 Å². The van der Waals surface area contributed by atoms with Crippen molar-refractivity contribution < 1.29 is 13.6 Å². The summed E-state index contributed by atoms with van der Waals surface area (Å²) in [6.07, 6.45) is 1.69. The summed E-state index contributed by atoms with van der Waals surface area (Å²) in [5.41, 5.74) is 0.895. The predicted octanol–water partition coefficient (Wildman–Crippen LogP) is 3.29. The van der Waals surface area contributed by atoms with Gasteiger partial charge in [-0.1, -0.05) is 30.3 Å². The highest BCUT2D eigenvalue weighted by Crippen LogP contribution is 2.64. The van der Waals surface area contributed by atoms with Crippen LogP contribution in [-0.2, 0) is 13.6 Å². The average molecular weight is 224 g/mol. The number of rotatable bonds is 2. The standard InChI is InChI=1S/C11H13O3P/c1-9-8-11(15(12,13-2)14-9)10-6-4-3-5-7-10/h3-9H,1-2H3/t9-,15+/m1/s1. The SMILES string of the molecule is CO[P@]1(=O)O[C@H](C)C=C1c1ccccc1. The van der Waals surface area contributed by atoms with Crippen LogP contribution in [0, 0.1) is 0 Å². The first-order chi connectivity index (χ1) is 7.15. The van der Waals surface area contributed by atoms with E-state index in [1.807, 2.05) is 43.3 Å². The highest BCUT2D eigenvalue weighted by atomic mass is 31.2. The Hall–Kier alpha value is -0.890. The molecule has 1 aliphatic heterocycles. The average Bonchev–Trinajstić information content (AvgIpc) is 2.56. The number of hydrogen-bond donors (Lipinski definition) is 0. The lowest BCUT2D eigenvalue weighted by atomic mass is 10.2. The molecule has 1 aromatic rings. The molecule has 0 fully saturated rings. The van der Waals surface area contributed by atoms with Gasteiger partial charge in [0, 0.05) is 7.11 Å². The summed E-state index contributed by atoms with van der Waals surface area (Å²) in [5.74, 6) is 0. The molecule has 1 aromatic carbocycles. The zero-order valence-electron chi connectivity index (χ0n) is 8.71. The summed E-state index contributed by atoms with van der Waals surface area (Å²) in [7, 11) is -1.67. The van der Waals surface area contributed by atoms with Gasteiger partial charge in [-0.2, -0.15) is 0 Å². The molecule has 0 saturated carbocycles. The lowest BCUT2D eigenvalue weighted by Crippen LogP contribution is -1.94. The molecule has 0 amide bonds. The Kier molecular flexibility index (Phi) is 2.79. The molecule has 3 nitrogen and oxygen atoms in total. The molecule has 0 aromatic heterocycles. The molecule has 0 N–H and O–H groups in total. The van der Waals surface area contributed by atoms with Crippen molar-refractivity contribution in [1.82, 2.24) is 0 Å². The smallest absolute Gasteiger partial charge is 0.309 e. The van der Waals surface area contributed by atoms with E-state index in [9.17, 15) is 4.57 Å². The second-order valence-corrected chi connectivity index (χ2v) is 5.46. The molecule has 0 saturated heterocycles. The fourth-order valence-corrected chi connectivity index (χ4v) is 3.38. The van der Waals surface area contributed by atoms with E-state index in [1.165, 1.54) is 7.11 Å². The molecular weight excluding hydrogens is 211 g/mol. The highest BCUT2D eigenvalue weighted by molar-refractivity contribution is 7.65. The van der Waals surface area contributed by atoms with Crippen LogP contribution in [0.4, 0.5) is 0 Å². The molecule has 2 atom stereocenters.